The number of carbonyl (C=O) groups excluding carboxylic acids is 2. The zero-order valence-corrected chi connectivity index (χ0v) is 29.5. The predicted molar refractivity (Wildman–Crippen MR) is 157 cm³/mol. The first kappa shape index (κ1) is 41.6. The molecule has 0 fully saturated rings. The van der Waals surface area contributed by atoms with E-state index in [-0.39, 0.29) is 97.5 Å². The van der Waals surface area contributed by atoms with E-state index >= 15 is 0 Å². The van der Waals surface area contributed by atoms with Crippen molar-refractivity contribution in [3.05, 3.63) is 76.6 Å². The number of alkyl halides is 9. The van der Waals surface area contributed by atoms with E-state index in [1.807, 2.05) is 0 Å². The van der Waals surface area contributed by atoms with Gasteiger partial charge in [-0.25, -0.2) is 14.8 Å². The largest absolute Gasteiger partial charge is 1.00 e. The number of rotatable bonds is 11. The van der Waals surface area contributed by atoms with Gasteiger partial charge in [0.1, 0.15) is 0 Å². The van der Waals surface area contributed by atoms with Crippen LogP contribution in [0.4, 0.5) is 55.9 Å². The Bertz CT molecular complexity index is 1640. The minimum atomic E-state index is -5.18. The molecule has 0 saturated carbocycles. The standard InChI is InChI=1S/C32H31F9N4O5.Na/c1-3-22-14-26(24-13-19(30(33,34)35)7-8-25(24)45(22)29(48)49-4-2)44(28-42-15-23(16-43-28)50-9-5-6-27(46)47)17-18-10-20(31(36,37)38)12-21(11-18)32(39,40)41;/h7-8,10-13,15-16,22,26H,3-6,9,14,17H2,1-2H3,(H,46,47);/q;+1/p-1/t22-,26+;/m1./s1. The summed E-state index contributed by atoms with van der Waals surface area (Å²) in [6, 6.07) is 1.53. The fourth-order valence-corrected chi connectivity index (χ4v) is 5.56. The van der Waals surface area contributed by atoms with Crippen molar-refractivity contribution in [2.75, 3.05) is 23.0 Å². The third kappa shape index (κ3) is 10.4. The molecule has 1 aliphatic heterocycles. The molecule has 0 unspecified atom stereocenters. The van der Waals surface area contributed by atoms with Crippen molar-refractivity contribution in [3.8, 4) is 5.75 Å². The molecule has 0 bridgehead atoms. The van der Waals surface area contributed by atoms with Gasteiger partial charge in [0.15, 0.2) is 5.75 Å². The summed E-state index contributed by atoms with van der Waals surface area (Å²) in [6.07, 6.45) is -14.1. The molecule has 0 aliphatic carbocycles. The van der Waals surface area contributed by atoms with E-state index < -0.39 is 71.5 Å². The average Bonchev–Trinajstić information content (AvgIpc) is 3.03. The van der Waals surface area contributed by atoms with Crippen molar-refractivity contribution in [3.63, 3.8) is 0 Å². The third-order valence-electron chi connectivity index (χ3n) is 7.81. The number of aliphatic carboxylic acids is 1. The second kappa shape index (κ2) is 16.7. The molecule has 272 valence electrons. The summed E-state index contributed by atoms with van der Waals surface area (Å²) in [7, 11) is 0. The number of benzene rings is 2. The van der Waals surface area contributed by atoms with Crippen LogP contribution >= 0.6 is 0 Å². The Morgan fingerprint density at radius 2 is 1.49 bits per heavy atom. The summed E-state index contributed by atoms with van der Waals surface area (Å²) in [5, 5.41) is 10.7. The number of aromatic nitrogens is 2. The quantitative estimate of drug-likeness (QED) is 0.162. The van der Waals surface area contributed by atoms with Gasteiger partial charge in [-0.05, 0) is 80.1 Å². The molecule has 0 saturated heterocycles. The molecule has 4 rings (SSSR count). The van der Waals surface area contributed by atoms with E-state index in [1.54, 1.807) is 6.92 Å². The molecule has 2 aromatic carbocycles. The molecule has 0 spiro atoms. The molecule has 51 heavy (non-hydrogen) atoms. The number of anilines is 2. The van der Waals surface area contributed by atoms with E-state index in [0.717, 1.165) is 30.6 Å². The van der Waals surface area contributed by atoms with Crippen molar-refractivity contribution in [2.24, 2.45) is 0 Å². The van der Waals surface area contributed by atoms with Crippen LogP contribution in [0.5, 0.6) is 5.75 Å². The van der Waals surface area contributed by atoms with Crippen molar-refractivity contribution < 1.29 is 93.2 Å². The van der Waals surface area contributed by atoms with Gasteiger partial charge in [-0.3, -0.25) is 4.90 Å². The minimum Gasteiger partial charge on any atom is -0.550 e. The number of carbonyl (C=O) groups is 2. The van der Waals surface area contributed by atoms with Crippen LogP contribution in [0.3, 0.4) is 0 Å². The van der Waals surface area contributed by atoms with Crippen LogP contribution in [0.25, 0.3) is 0 Å². The van der Waals surface area contributed by atoms with E-state index in [2.05, 4.69) is 9.97 Å². The van der Waals surface area contributed by atoms with Crippen LogP contribution in [-0.4, -0.2) is 41.3 Å². The smallest absolute Gasteiger partial charge is 0.550 e. The van der Waals surface area contributed by atoms with Gasteiger partial charge in [-0.2, -0.15) is 39.5 Å². The van der Waals surface area contributed by atoms with Crippen molar-refractivity contribution >= 4 is 23.7 Å². The number of carboxylic acids is 1. The molecule has 1 aliphatic rings. The van der Waals surface area contributed by atoms with Crippen molar-refractivity contribution in [2.45, 2.75) is 76.7 Å². The second-order valence-electron chi connectivity index (χ2n) is 11.2. The summed E-state index contributed by atoms with van der Waals surface area (Å²) in [5.74, 6) is -1.59. The predicted octanol–water partition coefficient (Wildman–Crippen LogP) is 4.34. The number of hydrogen-bond donors (Lipinski definition) is 0. The molecular formula is C32H30F9N4NaO5. The maximum Gasteiger partial charge on any atom is 1.00 e. The van der Waals surface area contributed by atoms with Crippen LogP contribution < -0.4 is 49.2 Å². The van der Waals surface area contributed by atoms with E-state index in [1.165, 1.54) is 16.7 Å². The molecule has 2 atom stereocenters. The Hall–Kier alpha value is -3.77. The third-order valence-corrected chi connectivity index (χ3v) is 7.81. The first-order valence-corrected chi connectivity index (χ1v) is 15.2. The maximum atomic E-state index is 14.0. The summed E-state index contributed by atoms with van der Waals surface area (Å²) in [6.45, 7) is 2.31. The Morgan fingerprint density at radius 3 is 2.00 bits per heavy atom. The van der Waals surface area contributed by atoms with Gasteiger partial charge in [0, 0.05) is 18.6 Å². The van der Waals surface area contributed by atoms with Gasteiger partial charge in [-0.1, -0.05) is 6.92 Å². The van der Waals surface area contributed by atoms with Crippen LogP contribution in [0.15, 0.2) is 48.8 Å². The number of hydrogen-bond acceptors (Lipinski definition) is 8. The summed E-state index contributed by atoms with van der Waals surface area (Å²) < 4.78 is 135. The van der Waals surface area contributed by atoms with Crippen molar-refractivity contribution in [1.29, 1.82) is 0 Å². The number of ether oxygens (including phenoxy) is 2. The SMILES string of the molecule is CCOC(=O)N1c2ccc(C(F)(F)F)cc2[C@@H](N(Cc2cc(C(F)(F)F)cc(C(F)(F)F)c2)c2ncc(OCCCC(=O)[O-])cn2)C[C@H]1CC.[Na+]. The molecule has 2 heterocycles. The van der Waals surface area contributed by atoms with Gasteiger partial charge >= 0.3 is 54.2 Å². The van der Waals surface area contributed by atoms with Crippen LogP contribution in [0.1, 0.15) is 73.4 Å². The van der Waals surface area contributed by atoms with Crippen LogP contribution in [0.2, 0.25) is 0 Å². The van der Waals surface area contributed by atoms with Crippen LogP contribution in [0, 0.1) is 0 Å². The molecular weight excluding hydrogens is 714 g/mol. The van der Waals surface area contributed by atoms with Crippen LogP contribution in [-0.2, 0) is 34.6 Å². The van der Waals surface area contributed by atoms with E-state index in [4.69, 9.17) is 9.47 Å². The van der Waals surface area contributed by atoms with E-state index in [9.17, 15) is 54.2 Å². The number of carboxylic acid groups (broad SMARTS) is 1. The van der Waals surface area contributed by atoms with Crippen molar-refractivity contribution in [1.82, 2.24) is 9.97 Å². The molecule has 19 heteroatoms. The van der Waals surface area contributed by atoms with Gasteiger partial charge in [0.2, 0.25) is 5.95 Å². The zero-order chi connectivity index (χ0) is 37.0. The molecule has 0 radical (unpaired) electrons. The summed E-state index contributed by atoms with van der Waals surface area (Å²) in [5.41, 5.74) is -4.99. The Morgan fingerprint density at radius 1 is 0.902 bits per heavy atom. The van der Waals surface area contributed by atoms with E-state index in [0.29, 0.717) is 12.1 Å². The Balaban J connectivity index is 0.00000702. The number of nitrogens with zero attached hydrogens (tertiary/aromatic N) is 4. The number of fused-ring (bicyclic) bond motifs is 1. The molecule has 1 amide bonds. The number of halogens is 9. The first-order valence-electron chi connectivity index (χ1n) is 15.2. The first-order chi connectivity index (χ1) is 23.3. The number of amides is 1. The fraction of sp³-hybridized carbons (Fsp3) is 0.438. The zero-order valence-electron chi connectivity index (χ0n) is 27.5. The monoisotopic (exact) mass is 744 g/mol. The molecule has 9 nitrogen and oxygen atoms in total. The molecule has 1 aromatic heterocycles. The topological polar surface area (TPSA) is 108 Å². The Kier molecular flexibility index (Phi) is 13.6. The summed E-state index contributed by atoms with van der Waals surface area (Å²) in [4.78, 5) is 34.4. The molecule has 0 N–H and O–H groups in total. The normalized spacial score (nSPS) is 16.2. The molecule has 3 aromatic rings. The second-order valence-corrected chi connectivity index (χ2v) is 11.2. The van der Waals surface area contributed by atoms with Gasteiger partial charge in [-0.15, -0.1) is 0 Å². The maximum absolute atomic E-state index is 14.0. The van der Waals surface area contributed by atoms with Gasteiger partial charge in [0.25, 0.3) is 0 Å². The minimum absolute atomic E-state index is 0. The van der Waals surface area contributed by atoms with Gasteiger partial charge < -0.3 is 24.3 Å². The fourth-order valence-electron chi connectivity index (χ4n) is 5.56. The summed E-state index contributed by atoms with van der Waals surface area (Å²) >= 11 is 0. The average molecular weight is 745 g/mol. The Labute approximate surface area is 308 Å². The van der Waals surface area contributed by atoms with Gasteiger partial charge in [0.05, 0.1) is 54.0 Å².